The Labute approximate surface area is 130 Å². The molecule has 0 spiro atoms. The summed E-state index contributed by atoms with van der Waals surface area (Å²) in [5, 5.41) is 6.18. The first-order valence-electron chi connectivity index (χ1n) is 7.21. The lowest BCUT2D eigenvalue weighted by Crippen LogP contribution is -2.86. The third-order valence-electron chi connectivity index (χ3n) is 3.05. The Morgan fingerprint density at radius 2 is 1.59 bits per heavy atom. The van der Waals surface area contributed by atoms with E-state index >= 15 is 0 Å². The highest BCUT2D eigenvalue weighted by Gasteiger charge is 2.08. The van der Waals surface area contributed by atoms with Crippen molar-refractivity contribution in [2.75, 3.05) is 13.1 Å². The van der Waals surface area contributed by atoms with Gasteiger partial charge in [-0.25, -0.2) is 5.43 Å². The predicted octanol–water partition coefficient (Wildman–Crippen LogP) is 1.30. The van der Waals surface area contributed by atoms with Crippen molar-refractivity contribution in [2.24, 2.45) is 5.10 Å². The van der Waals surface area contributed by atoms with Gasteiger partial charge in [0.2, 0.25) is 0 Å². The fourth-order valence-electron chi connectivity index (χ4n) is 1.98. The van der Waals surface area contributed by atoms with Gasteiger partial charge in [0.15, 0.2) is 6.54 Å². The maximum atomic E-state index is 11.8. The molecule has 0 atom stereocenters. The quantitative estimate of drug-likeness (QED) is 0.344. The zero-order valence-corrected chi connectivity index (χ0v) is 12.4. The number of hydrogen-bond acceptors (Lipinski definition) is 2. The summed E-state index contributed by atoms with van der Waals surface area (Å²) in [5.74, 6) is -0.133. The Balaban J connectivity index is 2.17. The molecule has 0 bridgehead atoms. The molecule has 2 aromatic rings. The van der Waals surface area contributed by atoms with Gasteiger partial charge < -0.3 is 5.32 Å². The van der Waals surface area contributed by atoms with Crippen molar-refractivity contribution < 1.29 is 10.1 Å². The normalized spacial score (nSPS) is 9.82. The van der Waals surface area contributed by atoms with Crippen LogP contribution in [0.15, 0.2) is 78.4 Å². The van der Waals surface area contributed by atoms with Gasteiger partial charge in [0, 0.05) is 11.1 Å². The van der Waals surface area contributed by atoms with Crippen LogP contribution in [0.3, 0.4) is 0 Å². The molecule has 0 fully saturated rings. The highest BCUT2D eigenvalue weighted by atomic mass is 16.2. The highest BCUT2D eigenvalue weighted by molar-refractivity contribution is 6.13. The van der Waals surface area contributed by atoms with Crippen molar-refractivity contribution in [3.05, 3.63) is 84.4 Å². The zero-order valence-electron chi connectivity index (χ0n) is 12.4. The number of rotatable bonds is 7. The lowest BCUT2D eigenvalue weighted by molar-refractivity contribution is -0.634. The van der Waals surface area contributed by atoms with E-state index in [0.717, 1.165) is 16.8 Å². The molecule has 0 radical (unpaired) electrons. The van der Waals surface area contributed by atoms with Gasteiger partial charge in [0.05, 0.1) is 12.3 Å². The summed E-state index contributed by atoms with van der Waals surface area (Å²) in [4.78, 5) is 11.8. The Bertz CT molecular complexity index is 594. The van der Waals surface area contributed by atoms with Gasteiger partial charge >= 0.3 is 0 Å². The first-order valence-corrected chi connectivity index (χ1v) is 7.21. The van der Waals surface area contributed by atoms with Crippen LogP contribution in [0.4, 0.5) is 0 Å². The molecule has 0 aliphatic rings. The number of nitrogens with two attached hydrogens (primary N) is 1. The van der Waals surface area contributed by atoms with Crippen molar-refractivity contribution in [3.8, 4) is 0 Å². The highest BCUT2D eigenvalue weighted by Crippen LogP contribution is 2.10. The molecule has 0 saturated carbocycles. The van der Waals surface area contributed by atoms with Gasteiger partial charge in [-0.15, -0.1) is 0 Å². The summed E-state index contributed by atoms with van der Waals surface area (Å²) in [6.45, 7) is 4.66. The van der Waals surface area contributed by atoms with Gasteiger partial charge in [0.25, 0.3) is 5.91 Å². The zero-order chi connectivity index (χ0) is 15.6. The minimum atomic E-state index is -0.133. The molecule has 112 valence electrons. The number of carbonyl (C=O) groups excluding carboxylic acids is 1. The van der Waals surface area contributed by atoms with Gasteiger partial charge in [0.1, 0.15) is 0 Å². The molecule has 22 heavy (non-hydrogen) atoms. The summed E-state index contributed by atoms with van der Waals surface area (Å²) in [6, 6.07) is 19.6. The first kappa shape index (κ1) is 15.7. The van der Waals surface area contributed by atoms with E-state index in [0.29, 0.717) is 13.1 Å². The van der Waals surface area contributed by atoms with E-state index in [1.54, 1.807) is 6.08 Å². The average molecular weight is 294 g/mol. The van der Waals surface area contributed by atoms with Crippen molar-refractivity contribution in [1.29, 1.82) is 0 Å². The number of nitrogens with one attached hydrogen (secondary N) is 1. The summed E-state index contributed by atoms with van der Waals surface area (Å²) >= 11 is 0. The summed E-state index contributed by atoms with van der Waals surface area (Å²) < 4.78 is 0. The number of carbonyl (C=O) groups is 1. The van der Waals surface area contributed by atoms with Crippen LogP contribution in [-0.4, -0.2) is 24.7 Å². The first-order chi connectivity index (χ1) is 10.8. The Morgan fingerprint density at radius 3 is 2.09 bits per heavy atom. The largest absolute Gasteiger partial charge is 0.335 e. The second-order valence-corrected chi connectivity index (χ2v) is 4.74. The number of nitrogens with zero attached hydrogens (tertiary/aromatic N) is 1. The molecule has 4 nitrogen and oxygen atoms in total. The van der Waals surface area contributed by atoms with Gasteiger partial charge in [-0.3, -0.25) is 4.79 Å². The topological polar surface area (TPSA) is 58.1 Å². The molecule has 0 aromatic heterocycles. The fourth-order valence-corrected chi connectivity index (χ4v) is 1.98. The molecule has 3 N–H and O–H groups in total. The van der Waals surface area contributed by atoms with Crippen LogP contribution >= 0.6 is 0 Å². The SMILES string of the molecule is C=CC[NH2+]CC(=O)NN=C(c1ccccc1)c1ccccc1. The third kappa shape index (κ3) is 4.68. The number of amides is 1. The lowest BCUT2D eigenvalue weighted by Gasteiger charge is -2.07. The molecule has 2 aromatic carbocycles. The van der Waals surface area contributed by atoms with Crippen LogP contribution < -0.4 is 10.7 Å². The molecule has 0 unspecified atom stereocenters. The Kier molecular flexibility index (Phi) is 6.08. The maximum Gasteiger partial charge on any atom is 0.295 e. The molecule has 4 heteroatoms. The molecule has 0 aliphatic carbocycles. The number of benzene rings is 2. The number of hydrogen-bond donors (Lipinski definition) is 2. The van der Waals surface area contributed by atoms with Crippen molar-refractivity contribution in [1.82, 2.24) is 5.43 Å². The lowest BCUT2D eigenvalue weighted by atomic mass is 10.0. The van der Waals surface area contributed by atoms with Crippen LogP contribution in [0.25, 0.3) is 0 Å². The average Bonchev–Trinajstić information content (AvgIpc) is 2.57. The Hall–Kier alpha value is -2.72. The molecule has 0 aliphatic heterocycles. The molecule has 0 saturated heterocycles. The van der Waals surface area contributed by atoms with Crippen LogP contribution in [0.5, 0.6) is 0 Å². The minimum Gasteiger partial charge on any atom is -0.335 e. The summed E-state index contributed by atoms with van der Waals surface area (Å²) in [6.07, 6.45) is 1.76. The number of quaternary nitrogens is 1. The van der Waals surface area contributed by atoms with Gasteiger partial charge in [-0.1, -0.05) is 67.2 Å². The monoisotopic (exact) mass is 294 g/mol. The van der Waals surface area contributed by atoms with E-state index in [2.05, 4.69) is 17.1 Å². The maximum absolute atomic E-state index is 11.8. The summed E-state index contributed by atoms with van der Waals surface area (Å²) in [5.41, 5.74) is 5.29. The Morgan fingerprint density at radius 1 is 1.05 bits per heavy atom. The van der Waals surface area contributed by atoms with Crippen molar-refractivity contribution in [2.45, 2.75) is 0 Å². The second kappa shape index (κ2) is 8.54. The van der Waals surface area contributed by atoms with Crippen LogP contribution in [0, 0.1) is 0 Å². The van der Waals surface area contributed by atoms with Gasteiger partial charge in [-0.2, -0.15) is 5.10 Å². The van der Waals surface area contributed by atoms with E-state index in [4.69, 9.17) is 0 Å². The second-order valence-electron chi connectivity index (χ2n) is 4.74. The van der Waals surface area contributed by atoms with E-state index in [-0.39, 0.29) is 5.91 Å². The van der Waals surface area contributed by atoms with E-state index in [1.165, 1.54) is 0 Å². The van der Waals surface area contributed by atoms with E-state index in [1.807, 2.05) is 66.0 Å². The molecule has 2 rings (SSSR count). The summed E-state index contributed by atoms with van der Waals surface area (Å²) in [7, 11) is 0. The predicted molar refractivity (Wildman–Crippen MR) is 88.5 cm³/mol. The van der Waals surface area contributed by atoms with E-state index in [9.17, 15) is 4.79 Å². The van der Waals surface area contributed by atoms with Crippen molar-refractivity contribution >= 4 is 11.6 Å². The fraction of sp³-hybridized carbons (Fsp3) is 0.111. The van der Waals surface area contributed by atoms with Crippen LogP contribution in [0.1, 0.15) is 11.1 Å². The van der Waals surface area contributed by atoms with E-state index < -0.39 is 0 Å². The van der Waals surface area contributed by atoms with Gasteiger partial charge in [-0.05, 0) is 6.08 Å². The molecular formula is C18H20N3O+. The third-order valence-corrected chi connectivity index (χ3v) is 3.05. The van der Waals surface area contributed by atoms with Crippen LogP contribution in [-0.2, 0) is 4.79 Å². The number of hydrazone groups is 1. The van der Waals surface area contributed by atoms with Crippen LogP contribution in [0.2, 0.25) is 0 Å². The van der Waals surface area contributed by atoms with Crippen molar-refractivity contribution in [3.63, 3.8) is 0 Å². The molecular weight excluding hydrogens is 274 g/mol. The standard InChI is InChI=1S/C18H19N3O/c1-2-13-19-14-17(22)20-21-18(15-9-5-3-6-10-15)16-11-7-4-8-12-16/h2-12,19H,1,13-14H2,(H,20,22)/p+1. The minimum absolute atomic E-state index is 0.133. The molecule has 0 heterocycles. The molecule has 1 amide bonds. The smallest absolute Gasteiger partial charge is 0.295 e.